The summed E-state index contributed by atoms with van der Waals surface area (Å²) in [6.07, 6.45) is 6.48. The van der Waals surface area contributed by atoms with Crippen LogP contribution in [0, 0.1) is 5.92 Å². The van der Waals surface area contributed by atoms with Gasteiger partial charge in [0, 0.05) is 12.6 Å². The first-order chi connectivity index (χ1) is 10.0. The van der Waals surface area contributed by atoms with Crippen LogP contribution in [-0.2, 0) is 4.79 Å². The molecule has 1 rings (SSSR count). The average molecular weight is 297 g/mol. The highest BCUT2D eigenvalue weighted by molar-refractivity contribution is 5.84. The van der Waals surface area contributed by atoms with Gasteiger partial charge in [0.1, 0.15) is 0 Å². The quantitative estimate of drug-likeness (QED) is 0.687. The summed E-state index contributed by atoms with van der Waals surface area (Å²) in [5.74, 6) is 0.585. The number of nitrogens with two attached hydrogens (primary N) is 1. The molecule has 3 N–H and O–H groups in total. The Labute approximate surface area is 130 Å². The second-order valence-corrected chi connectivity index (χ2v) is 6.50. The molecule has 4 nitrogen and oxygen atoms in total. The Kier molecular flexibility index (Phi) is 7.67. The van der Waals surface area contributed by atoms with Crippen molar-refractivity contribution in [3.8, 4) is 0 Å². The highest BCUT2D eigenvalue weighted by Gasteiger charge is 2.42. The molecule has 0 radical (unpaired) electrons. The number of likely N-dealkylation sites (N-methyl/N-ethyl adjacent to an activating group) is 1. The van der Waals surface area contributed by atoms with Crippen LogP contribution in [0.15, 0.2) is 0 Å². The van der Waals surface area contributed by atoms with Crippen molar-refractivity contribution in [2.75, 3.05) is 19.6 Å². The van der Waals surface area contributed by atoms with Crippen molar-refractivity contribution < 1.29 is 4.79 Å². The lowest BCUT2D eigenvalue weighted by molar-refractivity contribution is -0.126. The number of carbonyl (C=O) groups excluding carboxylic acids is 1. The molecule has 0 aromatic rings. The van der Waals surface area contributed by atoms with Crippen molar-refractivity contribution in [1.29, 1.82) is 0 Å². The molecule has 1 aliphatic carbocycles. The van der Waals surface area contributed by atoms with Gasteiger partial charge in [0.05, 0.1) is 5.54 Å². The molecule has 0 heterocycles. The Bertz CT molecular complexity index is 313. The van der Waals surface area contributed by atoms with Crippen molar-refractivity contribution in [3.63, 3.8) is 0 Å². The van der Waals surface area contributed by atoms with E-state index in [9.17, 15) is 4.79 Å². The van der Waals surface area contributed by atoms with E-state index in [1.807, 2.05) is 0 Å². The maximum Gasteiger partial charge on any atom is 0.237 e. The molecule has 1 aliphatic rings. The first-order valence-corrected chi connectivity index (χ1v) is 8.81. The molecule has 0 aliphatic heterocycles. The van der Waals surface area contributed by atoms with E-state index in [0.717, 1.165) is 44.8 Å². The molecule has 0 bridgehead atoms. The predicted molar refractivity (Wildman–Crippen MR) is 89.2 cm³/mol. The summed E-state index contributed by atoms with van der Waals surface area (Å²) < 4.78 is 0. The topological polar surface area (TPSA) is 58.4 Å². The van der Waals surface area contributed by atoms with E-state index in [-0.39, 0.29) is 5.91 Å². The smallest absolute Gasteiger partial charge is 0.237 e. The molecule has 0 saturated heterocycles. The third kappa shape index (κ3) is 4.68. The summed E-state index contributed by atoms with van der Waals surface area (Å²) in [6.45, 7) is 11.8. The lowest BCUT2D eigenvalue weighted by atomic mass is 9.77. The van der Waals surface area contributed by atoms with Gasteiger partial charge in [-0.25, -0.2) is 0 Å². The molecule has 1 amide bonds. The largest absolute Gasteiger partial charge is 0.368 e. The van der Waals surface area contributed by atoms with Gasteiger partial charge in [0.15, 0.2) is 0 Å². The molecule has 21 heavy (non-hydrogen) atoms. The fraction of sp³-hybridized carbons (Fsp3) is 0.941. The fourth-order valence-corrected chi connectivity index (χ4v) is 3.78. The van der Waals surface area contributed by atoms with Gasteiger partial charge in [0.2, 0.25) is 5.91 Å². The third-order valence-corrected chi connectivity index (χ3v) is 5.28. The number of hydrogen-bond donors (Lipinski definition) is 2. The average Bonchev–Trinajstić information content (AvgIpc) is 2.49. The number of amides is 1. The maximum atomic E-state index is 12.0. The minimum absolute atomic E-state index is 0.173. The van der Waals surface area contributed by atoms with E-state index in [2.05, 4.69) is 37.9 Å². The molecule has 0 aromatic heterocycles. The van der Waals surface area contributed by atoms with Gasteiger partial charge < -0.3 is 16.0 Å². The first-order valence-electron chi connectivity index (χ1n) is 8.81. The summed E-state index contributed by atoms with van der Waals surface area (Å²) in [6, 6.07) is 0.482. The van der Waals surface area contributed by atoms with Crippen LogP contribution in [0.4, 0.5) is 0 Å². The van der Waals surface area contributed by atoms with Crippen LogP contribution < -0.4 is 11.1 Å². The van der Waals surface area contributed by atoms with Gasteiger partial charge in [-0.1, -0.05) is 40.5 Å². The van der Waals surface area contributed by atoms with Crippen LogP contribution in [0.5, 0.6) is 0 Å². The zero-order chi connectivity index (χ0) is 15.9. The first kappa shape index (κ1) is 18.4. The minimum atomic E-state index is -0.487. The lowest BCUT2D eigenvalue weighted by Crippen LogP contribution is -2.60. The third-order valence-electron chi connectivity index (χ3n) is 5.28. The van der Waals surface area contributed by atoms with Gasteiger partial charge in [-0.05, 0) is 44.7 Å². The zero-order valence-corrected chi connectivity index (χ0v) is 14.5. The highest BCUT2D eigenvalue weighted by atomic mass is 16.1. The molecular formula is C17H35N3O. The Hall–Kier alpha value is -0.610. The van der Waals surface area contributed by atoms with Gasteiger partial charge >= 0.3 is 0 Å². The van der Waals surface area contributed by atoms with Crippen LogP contribution in [0.1, 0.15) is 66.2 Å². The van der Waals surface area contributed by atoms with Gasteiger partial charge in [0.25, 0.3) is 0 Å². The lowest BCUT2D eigenvalue weighted by Gasteiger charge is -2.44. The maximum absolute atomic E-state index is 12.0. The summed E-state index contributed by atoms with van der Waals surface area (Å²) in [5.41, 5.74) is 5.24. The summed E-state index contributed by atoms with van der Waals surface area (Å²) in [5, 5.41) is 3.39. The van der Waals surface area contributed by atoms with E-state index in [4.69, 9.17) is 5.73 Å². The van der Waals surface area contributed by atoms with E-state index >= 15 is 0 Å². The molecular weight excluding hydrogens is 262 g/mol. The standard InChI is InChI=1S/C17H35N3O/c1-5-14(6-2)13-20(8-4)15-10-9-11-17(12-15,16(18)21)19-7-3/h14-15,19H,5-13H2,1-4H3,(H2,18,21). The molecule has 124 valence electrons. The van der Waals surface area contributed by atoms with Crippen LogP contribution in [0.25, 0.3) is 0 Å². The summed E-state index contributed by atoms with van der Waals surface area (Å²) in [4.78, 5) is 14.6. The Morgan fingerprint density at radius 1 is 1.33 bits per heavy atom. The van der Waals surface area contributed by atoms with Crippen LogP contribution >= 0.6 is 0 Å². The second kappa shape index (κ2) is 8.74. The van der Waals surface area contributed by atoms with Gasteiger partial charge in [-0.15, -0.1) is 0 Å². The molecule has 0 spiro atoms. The van der Waals surface area contributed by atoms with Crippen molar-refractivity contribution >= 4 is 5.91 Å². The van der Waals surface area contributed by atoms with E-state index in [1.165, 1.54) is 19.3 Å². The van der Waals surface area contributed by atoms with Crippen LogP contribution in [0.2, 0.25) is 0 Å². The Morgan fingerprint density at radius 2 is 2.00 bits per heavy atom. The molecule has 4 heteroatoms. The van der Waals surface area contributed by atoms with Crippen molar-refractivity contribution in [3.05, 3.63) is 0 Å². The minimum Gasteiger partial charge on any atom is -0.368 e. The molecule has 1 saturated carbocycles. The van der Waals surface area contributed by atoms with Crippen molar-refractivity contribution in [1.82, 2.24) is 10.2 Å². The highest BCUT2D eigenvalue weighted by Crippen LogP contribution is 2.32. The SMILES string of the molecule is CCNC1(C(N)=O)CCCC(N(CC)CC(CC)CC)C1. The Morgan fingerprint density at radius 3 is 2.48 bits per heavy atom. The predicted octanol–water partition coefficient (Wildman–Crippen LogP) is 2.52. The fourth-order valence-electron chi connectivity index (χ4n) is 3.78. The van der Waals surface area contributed by atoms with E-state index in [0.29, 0.717) is 6.04 Å². The number of nitrogens with one attached hydrogen (secondary N) is 1. The van der Waals surface area contributed by atoms with Gasteiger partial charge in [-0.3, -0.25) is 4.79 Å². The number of rotatable bonds is 9. The molecule has 2 atom stereocenters. The monoisotopic (exact) mass is 297 g/mol. The van der Waals surface area contributed by atoms with Crippen LogP contribution in [0.3, 0.4) is 0 Å². The van der Waals surface area contributed by atoms with Crippen molar-refractivity contribution in [2.45, 2.75) is 77.8 Å². The van der Waals surface area contributed by atoms with Gasteiger partial charge in [-0.2, -0.15) is 0 Å². The van der Waals surface area contributed by atoms with Crippen LogP contribution in [-0.4, -0.2) is 42.0 Å². The number of carbonyl (C=O) groups is 1. The van der Waals surface area contributed by atoms with E-state index < -0.39 is 5.54 Å². The molecule has 0 aromatic carbocycles. The number of primary amides is 1. The number of nitrogens with zero attached hydrogens (tertiary/aromatic N) is 1. The number of hydrogen-bond acceptors (Lipinski definition) is 3. The second-order valence-electron chi connectivity index (χ2n) is 6.50. The Balaban J connectivity index is 2.78. The van der Waals surface area contributed by atoms with Crippen molar-refractivity contribution in [2.24, 2.45) is 11.7 Å². The summed E-state index contributed by atoms with van der Waals surface area (Å²) in [7, 11) is 0. The normalized spacial score (nSPS) is 26.5. The molecule has 2 unspecified atom stereocenters. The molecule has 1 fully saturated rings. The van der Waals surface area contributed by atoms with E-state index in [1.54, 1.807) is 0 Å². The summed E-state index contributed by atoms with van der Waals surface area (Å²) >= 11 is 0. The zero-order valence-electron chi connectivity index (χ0n) is 14.5.